The van der Waals surface area contributed by atoms with Crippen LogP contribution in [0.25, 0.3) is 0 Å². The number of aromatic nitrogens is 2. The van der Waals surface area contributed by atoms with E-state index in [0.29, 0.717) is 17.6 Å². The third kappa shape index (κ3) is 3.52. The molecular weight excluding hydrogens is 266 g/mol. The minimum atomic E-state index is -0.981. The third-order valence-electron chi connectivity index (χ3n) is 4.42. The van der Waals surface area contributed by atoms with Crippen molar-refractivity contribution < 1.29 is 9.90 Å². The van der Waals surface area contributed by atoms with Crippen LogP contribution in [-0.2, 0) is 0 Å². The van der Waals surface area contributed by atoms with E-state index in [2.05, 4.69) is 21.8 Å². The molecule has 0 aromatic carbocycles. The summed E-state index contributed by atoms with van der Waals surface area (Å²) >= 11 is 0. The molecule has 1 saturated carbocycles. The number of anilines is 1. The van der Waals surface area contributed by atoms with Gasteiger partial charge in [-0.25, -0.2) is 14.8 Å². The lowest BCUT2D eigenvalue weighted by atomic mass is 9.86. The van der Waals surface area contributed by atoms with Crippen LogP contribution in [0.2, 0.25) is 0 Å². The van der Waals surface area contributed by atoms with Gasteiger partial charge in [0, 0.05) is 19.0 Å². The van der Waals surface area contributed by atoms with Crippen LogP contribution >= 0.6 is 0 Å². The van der Waals surface area contributed by atoms with Gasteiger partial charge in [0.05, 0.1) is 11.9 Å². The molecule has 0 amide bonds. The Hall–Kier alpha value is -1.65. The number of carboxylic acids is 1. The van der Waals surface area contributed by atoms with Crippen LogP contribution in [-0.4, -0.2) is 34.1 Å². The van der Waals surface area contributed by atoms with Crippen molar-refractivity contribution in [2.45, 2.75) is 58.4 Å². The lowest BCUT2D eigenvalue weighted by Crippen LogP contribution is -2.36. The Morgan fingerprint density at radius 2 is 1.95 bits per heavy atom. The highest BCUT2D eigenvalue weighted by atomic mass is 16.4. The fourth-order valence-electron chi connectivity index (χ4n) is 2.91. The molecule has 0 radical (unpaired) electrons. The quantitative estimate of drug-likeness (QED) is 0.921. The zero-order valence-electron chi connectivity index (χ0n) is 13.3. The van der Waals surface area contributed by atoms with Gasteiger partial charge in [0.15, 0.2) is 5.69 Å². The van der Waals surface area contributed by atoms with Gasteiger partial charge in [-0.2, -0.15) is 0 Å². The second kappa shape index (κ2) is 6.41. The predicted molar refractivity (Wildman–Crippen MR) is 82.9 cm³/mol. The summed E-state index contributed by atoms with van der Waals surface area (Å²) in [5.41, 5.74) is 0.751. The number of carbonyl (C=O) groups is 1. The predicted octanol–water partition coefficient (Wildman–Crippen LogP) is 3.31. The van der Waals surface area contributed by atoms with Gasteiger partial charge in [-0.05, 0) is 31.6 Å². The van der Waals surface area contributed by atoms with Gasteiger partial charge in [0.25, 0.3) is 0 Å². The normalized spacial score (nSPS) is 22.3. The maximum atomic E-state index is 11.5. The highest BCUT2D eigenvalue weighted by molar-refractivity contribution is 5.92. The second-order valence-corrected chi connectivity index (χ2v) is 6.45. The molecule has 1 aromatic heterocycles. The molecule has 1 aliphatic carbocycles. The zero-order chi connectivity index (χ0) is 15.6. The maximum Gasteiger partial charge on any atom is 0.356 e. The molecule has 1 heterocycles. The van der Waals surface area contributed by atoms with Gasteiger partial charge < -0.3 is 10.0 Å². The molecule has 21 heavy (non-hydrogen) atoms. The first-order chi connectivity index (χ1) is 9.90. The molecule has 0 aliphatic heterocycles. The minimum absolute atomic E-state index is 0.120. The Labute approximate surface area is 126 Å². The summed E-state index contributed by atoms with van der Waals surface area (Å²) < 4.78 is 0. The minimum Gasteiger partial charge on any atom is -0.476 e. The van der Waals surface area contributed by atoms with E-state index in [4.69, 9.17) is 0 Å². The Kier molecular flexibility index (Phi) is 4.80. The molecule has 0 saturated heterocycles. The van der Waals surface area contributed by atoms with Crippen molar-refractivity contribution in [2.75, 3.05) is 11.9 Å². The van der Waals surface area contributed by atoms with Crippen LogP contribution in [0.4, 0.5) is 5.69 Å². The zero-order valence-corrected chi connectivity index (χ0v) is 13.3. The number of aromatic carboxylic acids is 1. The van der Waals surface area contributed by atoms with Crippen LogP contribution in [0.5, 0.6) is 0 Å². The number of hydrogen-bond acceptors (Lipinski definition) is 4. The topological polar surface area (TPSA) is 66.3 Å². The fourth-order valence-corrected chi connectivity index (χ4v) is 2.91. The molecule has 1 aliphatic rings. The average Bonchev–Trinajstić information content (AvgIpc) is 2.46. The van der Waals surface area contributed by atoms with Gasteiger partial charge >= 0.3 is 5.97 Å². The Balaban J connectivity index is 2.27. The largest absolute Gasteiger partial charge is 0.476 e. The first-order valence-electron chi connectivity index (χ1n) is 7.73. The molecule has 0 spiro atoms. The number of nitrogens with zero attached hydrogens (tertiary/aromatic N) is 3. The van der Waals surface area contributed by atoms with Crippen LogP contribution in [0.3, 0.4) is 0 Å². The fraction of sp³-hybridized carbons (Fsp3) is 0.688. The second-order valence-electron chi connectivity index (χ2n) is 6.45. The number of hydrogen-bond donors (Lipinski definition) is 1. The number of rotatable bonds is 4. The van der Waals surface area contributed by atoms with E-state index in [9.17, 15) is 9.90 Å². The van der Waals surface area contributed by atoms with Gasteiger partial charge in [-0.1, -0.05) is 20.8 Å². The summed E-state index contributed by atoms with van der Waals surface area (Å²) in [7, 11) is 1.96. The van der Waals surface area contributed by atoms with E-state index < -0.39 is 5.97 Å². The van der Waals surface area contributed by atoms with Crippen molar-refractivity contribution in [1.29, 1.82) is 0 Å². The average molecular weight is 291 g/mol. The summed E-state index contributed by atoms with van der Waals surface area (Å²) in [4.78, 5) is 22.2. The molecule has 1 aromatic rings. The monoisotopic (exact) mass is 291 g/mol. The van der Waals surface area contributed by atoms with Crippen molar-refractivity contribution in [3.05, 3.63) is 17.7 Å². The summed E-state index contributed by atoms with van der Waals surface area (Å²) in [6.45, 7) is 6.21. The van der Waals surface area contributed by atoms with Crippen LogP contribution < -0.4 is 4.90 Å². The Morgan fingerprint density at radius 3 is 2.48 bits per heavy atom. The van der Waals surface area contributed by atoms with Gasteiger partial charge in [-0.3, -0.25) is 0 Å². The third-order valence-corrected chi connectivity index (χ3v) is 4.42. The lowest BCUT2D eigenvalue weighted by Gasteiger charge is -2.35. The van der Waals surface area contributed by atoms with Crippen LogP contribution in [0, 0.1) is 5.92 Å². The van der Waals surface area contributed by atoms with E-state index >= 15 is 0 Å². The molecule has 116 valence electrons. The first kappa shape index (κ1) is 15.7. The summed E-state index contributed by atoms with van der Waals surface area (Å²) in [6.07, 6.45) is 6.26. The molecule has 1 fully saturated rings. The van der Waals surface area contributed by atoms with Crippen LogP contribution in [0.1, 0.15) is 68.7 Å². The van der Waals surface area contributed by atoms with E-state index in [1.807, 2.05) is 20.9 Å². The van der Waals surface area contributed by atoms with E-state index in [0.717, 1.165) is 18.8 Å². The summed E-state index contributed by atoms with van der Waals surface area (Å²) in [6, 6.07) is 0.382. The van der Waals surface area contributed by atoms with Crippen molar-refractivity contribution in [2.24, 2.45) is 5.92 Å². The van der Waals surface area contributed by atoms with Gasteiger partial charge in [-0.15, -0.1) is 0 Å². The van der Waals surface area contributed by atoms with Crippen molar-refractivity contribution in [3.8, 4) is 0 Å². The van der Waals surface area contributed by atoms with E-state index in [1.54, 1.807) is 6.20 Å². The van der Waals surface area contributed by atoms with Crippen molar-refractivity contribution in [1.82, 2.24) is 9.97 Å². The van der Waals surface area contributed by atoms with Gasteiger partial charge in [0.2, 0.25) is 0 Å². The molecule has 0 atom stereocenters. The summed E-state index contributed by atoms with van der Waals surface area (Å²) in [5, 5.41) is 9.44. The SMILES string of the molecule is CC1CCC(N(C)c2cnc(C(C)C)nc2C(=O)O)CC1. The molecule has 5 nitrogen and oxygen atoms in total. The molecule has 1 N–H and O–H groups in total. The summed E-state index contributed by atoms with van der Waals surface area (Å²) in [5.74, 6) is 0.498. The number of carboxylic acid groups (broad SMARTS) is 1. The maximum absolute atomic E-state index is 11.5. The Bertz CT molecular complexity index is 508. The highest BCUT2D eigenvalue weighted by Gasteiger charge is 2.26. The molecular formula is C16H25N3O2. The standard InChI is InChI=1S/C16H25N3O2/c1-10(2)15-17-9-13(14(18-15)16(20)21)19(4)12-7-5-11(3)6-8-12/h9-12H,5-8H2,1-4H3,(H,20,21). The van der Waals surface area contributed by atoms with Crippen molar-refractivity contribution >= 4 is 11.7 Å². The van der Waals surface area contributed by atoms with E-state index in [-0.39, 0.29) is 11.6 Å². The molecule has 2 rings (SSSR count). The van der Waals surface area contributed by atoms with Crippen LogP contribution in [0.15, 0.2) is 6.20 Å². The highest BCUT2D eigenvalue weighted by Crippen LogP contribution is 2.30. The first-order valence-corrected chi connectivity index (χ1v) is 7.73. The smallest absolute Gasteiger partial charge is 0.356 e. The molecule has 0 bridgehead atoms. The van der Waals surface area contributed by atoms with Gasteiger partial charge in [0.1, 0.15) is 5.82 Å². The van der Waals surface area contributed by atoms with E-state index in [1.165, 1.54) is 12.8 Å². The Morgan fingerprint density at radius 1 is 1.33 bits per heavy atom. The molecule has 0 unspecified atom stereocenters. The molecule has 5 heteroatoms. The lowest BCUT2D eigenvalue weighted by molar-refractivity contribution is 0.0690. The van der Waals surface area contributed by atoms with Crippen molar-refractivity contribution in [3.63, 3.8) is 0 Å².